The second-order valence-corrected chi connectivity index (χ2v) is 6.98. The van der Waals surface area contributed by atoms with E-state index >= 15 is 0 Å². The summed E-state index contributed by atoms with van der Waals surface area (Å²) >= 11 is 7.24. The average Bonchev–Trinajstić information content (AvgIpc) is 3.13. The molecule has 1 amide bonds. The molecule has 2 aromatic carbocycles. The normalized spacial score (nSPS) is 11.4. The first-order valence-corrected chi connectivity index (χ1v) is 9.02. The number of benzene rings is 2. The molecule has 0 aliphatic rings. The zero-order valence-corrected chi connectivity index (χ0v) is 15.4. The van der Waals surface area contributed by atoms with Gasteiger partial charge < -0.3 is 5.32 Å². The second-order valence-electron chi connectivity index (χ2n) is 5.59. The summed E-state index contributed by atoms with van der Waals surface area (Å²) in [6, 6.07) is 14.1. The molecular weight excluding hydrogens is 373 g/mol. The van der Waals surface area contributed by atoms with Gasteiger partial charge >= 0.3 is 0 Å². The maximum absolute atomic E-state index is 13.7. The minimum absolute atomic E-state index is 0.201. The first kappa shape index (κ1) is 18.2. The van der Waals surface area contributed by atoms with Crippen molar-refractivity contribution >= 4 is 40.0 Å². The number of rotatable bonds is 5. The van der Waals surface area contributed by atoms with Crippen LogP contribution in [-0.4, -0.2) is 16.1 Å². The number of amides is 1. The topological polar surface area (TPSA) is 54.9 Å². The van der Waals surface area contributed by atoms with Crippen LogP contribution in [0, 0.1) is 12.7 Å². The molecule has 0 aliphatic heterocycles. The lowest BCUT2D eigenvalue weighted by molar-refractivity contribution is 0.0950. The van der Waals surface area contributed by atoms with Gasteiger partial charge in [0.1, 0.15) is 5.82 Å². The number of carbonyl (C=O) groups is 1. The molecular formula is C19H15ClFN3OS. The van der Waals surface area contributed by atoms with Crippen LogP contribution in [0.4, 0.5) is 4.39 Å². The van der Waals surface area contributed by atoms with Crippen LogP contribution in [0.5, 0.6) is 0 Å². The Labute approximate surface area is 159 Å². The van der Waals surface area contributed by atoms with Gasteiger partial charge in [-0.05, 0) is 24.6 Å². The molecule has 0 saturated carbocycles. The summed E-state index contributed by atoms with van der Waals surface area (Å²) in [7, 11) is 0. The third kappa shape index (κ3) is 4.53. The van der Waals surface area contributed by atoms with Crippen molar-refractivity contribution in [1.82, 2.24) is 15.5 Å². The molecule has 0 spiro atoms. The van der Waals surface area contributed by atoms with Crippen LogP contribution >= 0.6 is 22.9 Å². The summed E-state index contributed by atoms with van der Waals surface area (Å²) < 4.78 is 13.7. The zero-order valence-electron chi connectivity index (χ0n) is 13.9. The lowest BCUT2D eigenvalue weighted by Gasteiger charge is -2.03. The van der Waals surface area contributed by atoms with Crippen molar-refractivity contribution in [3.05, 3.63) is 81.1 Å². The van der Waals surface area contributed by atoms with Crippen LogP contribution in [-0.2, 0) is 6.54 Å². The van der Waals surface area contributed by atoms with Crippen LogP contribution < -0.4 is 5.32 Å². The van der Waals surface area contributed by atoms with E-state index in [0.29, 0.717) is 17.1 Å². The number of hydrogen-bond donors (Lipinski definition) is 1. The molecule has 0 atom stereocenters. The van der Waals surface area contributed by atoms with E-state index in [0.717, 1.165) is 22.5 Å². The van der Waals surface area contributed by atoms with Crippen molar-refractivity contribution in [2.45, 2.75) is 13.5 Å². The fourth-order valence-electron chi connectivity index (χ4n) is 2.17. The third-order valence-electron chi connectivity index (χ3n) is 3.58. The minimum Gasteiger partial charge on any atom is -0.346 e. The Bertz CT molecular complexity index is 953. The number of aromatic nitrogens is 2. The highest BCUT2D eigenvalue weighted by Crippen LogP contribution is 2.26. The average molecular weight is 388 g/mol. The molecule has 0 aliphatic carbocycles. The Hall–Kier alpha value is -2.57. The molecule has 0 unspecified atom stereocenters. The predicted molar refractivity (Wildman–Crippen MR) is 102 cm³/mol. The summed E-state index contributed by atoms with van der Waals surface area (Å²) in [5.41, 5.74) is 2.49. The fraction of sp³-hybridized carbons (Fsp3) is 0.105. The number of nitrogens with one attached hydrogen (secondary N) is 1. The lowest BCUT2D eigenvalue weighted by Crippen LogP contribution is -2.22. The van der Waals surface area contributed by atoms with E-state index in [9.17, 15) is 9.18 Å². The van der Waals surface area contributed by atoms with Crippen LogP contribution in [0.25, 0.3) is 11.1 Å². The largest absolute Gasteiger partial charge is 0.346 e. The monoisotopic (exact) mass is 387 g/mol. The van der Waals surface area contributed by atoms with Crippen LogP contribution in [0.2, 0.25) is 0 Å². The van der Waals surface area contributed by atoms with Gasteiger partial charge in [0.25, 0.3) is 5.91 Å². The fourth-order valence-corrected chi connectivity index (χ4v) is 3.10. The highest BCUT2D eigenvalue weighted by Gasteiger charge is 2.14. The maximum Gasteiger partial charge on any atom is 0.282 e. The first-order valence-electron chi connectivity index (χ1n) is 7.82. The lowest BCUT2D eigenvalue weighted by atomic mass is 10.1. The molecule has 26 heavy (non-hydrogen) atoms. The van der Waals surface area contributed by atoms with Crippen LogP contribution in [0.1, 0.15) is 31.5 Å². The molecule has 0 saturated heterocycles. The Kier molecular flexibility index (Phi) is 5.75. The smallest absolute Gasteiger partial charge is 0.282 e. The number of halogens is 2. The van der Waals surface area contributed by atoms with Crippen molar-refractivity contribution in [3.8, 4) is 0 Å². The van der Waals surface area contributed by atoms with Gasteiger partial charge in [0.2, 0.25) is 5.01 Å². The molecule has 132 valence electrons. The van der Waals surface area contributed by atoms with E-state index in [1.54, 1.807) is 18.2 Å². The Morgan fingerprint density at radius 3 is 2.58 bits per heavy atom. The van der Waals surface area contributed by atoms with Gasteiger partial charge in [0.15, 0.2) is 5.01 Å². The number of nitrogens with zero attached hydrogens (tertiary/aromatic N) is 2. The molecule has 1 aromatic heterocycles. The molecule has 1 N–H and O–H groups in total. The van der Waals surface area contributed by atoms with Gasteiger partial charge in [-0.15, -0.1) is 10.2 Å². The van der Waals surface area contributed by atoms with E-state index in [4.69, 9.17) is 11.6 Å². The summed E-state index contributed by atoms with van der Waals surface area (Å²) in [5, 5.41) is 11.4. The highest BCUT2D eigenvalue weighted by atomic mass is 35.5. The summed E-state index contributed by atoms with van der Waals surface area (Å²) in [5.74, 6) is -0.712. The van der Waals surface area contributed by atoms with Gasteiger partial charge in [-0.2, -0.15) is 0 Å². The standard InChI is InChI=1S/C19H15ClFN3OS/c1-12-6-8-13(9-7-12)11-22-17(25)19-24-23-18(26-19)15(20)10-14-4-2-3-5-16(14)21/h2-10H,11H2,1H3,(H,22,25). The van der Waals surface area contributed by atoms with E-state index in [1.165, 1.54) is 12.1 Å². The Morgan fingerprint density at radius 2 is 1.85 bits per heavy atom. The summed E-state index contributed by atoms with van der Waals surface area (Å²) in [6.45, 7) is 2.40. The Balaban J connectivity index is 1.67. The van der Waals surface area contributed by atoms with Crippen molar-refractivity contribution in [1.29, 1.82) is 0 Å². The number of hydrogen-bond acceptors (Lipinski definition) is 4. The van der Waals surface area contributed by atoms with E-state index in [1.807, 2.05) is 31.2 Å². The van der Waals surface area contributed by atoms with Gasteiger partial charge in [0, 0.05) is 12.1 Å². The van der Waals surface area contributed by atoms with Crippen molar-refractivity contribution in [2.24, 2.45) is 0 Å². The van der Waals surface area contributed by atoms with Crippen LogP contribution in [0.15, 0.2) is 48.5 Å². The molecule has 3 rings (SSSR count). The van der Waals surface area contributed by atoms with Crippen molar-refractivity contribution in [3.63, 3.8) is 0 Å². The van der Waals surface area contributed by atoms with Gasteiger partial charge in [-0.1, -0.05) is 71.0 Å². The van der Waals surface area contributed by atoms with Gasteiger partial charge in [0.05, 0.1) is 5.03 Å². The molecule has 0 radical (unpaired) electrons. The van der Waals surface area contributed by atoms with Crippen LogP contribution in [0.3, 0.4) is 0 Å². The van der Waals surface area contributed by atoms with Crippen molar-refractivity contribution in [2.75, 3.05) is 0 Å². The number of aryl methyl sites for hydroxylation is 1. The molecule has 1 heterocycles. The summed E-state index contributed by atoms with van der Waals surface area (Å²) in [6.07, 6.45) is 1.46. The highest BCUT2D eigenvalue weighted by molar-refractivity contribution is 7.15. The number of carbonyl (C=O) groups excluding carboxylic acids is 1. The maximum atomic E-state index is 13.7. The quantitative estimate of drug-likeness (QED) is 0.693. The first-order chi connectivity index (χ1) is 12.5. The van der Waals surface area contributed by atoms with E-state index < -0.39 is 0 Å². The predicted octanol–water partition coefficient (Wildman–Crippen LogP) is 4.65. The van der Waals surface area contributed by atoms with Gasteiger partial charge in [-0.3, -0.25) is 4.79 Å². The van der Waals surface area contributed by atoms with Crippen molar-refractivity contribution < 1.29 is 9.18 Å². The summed E-state index contributed by atoms with van der Waals surface area (Å²) in [4.78, 5) is 12.2. The molecule has 7 heteroatoms. The molecule has 4 nitrogen and oxygen atoms in total. The molecule has 0 fully saturated rings. The molecule has 0 bridgehead atoms. The van der Waals surface area contributed by atoms with E-state index in [2.05, 4.69) is 15.5 Å². The second kappa shape index (κ2) is 8.21. The van der Waals surface area contributed by atoms with E-state index in [-0.39, 0.29) is 21.8 Å². The Morgan fingerprint density at radius 1 is 1.15 bits per heavy atom. The minimum atomic E-state index is -0.383. The van der Waals surface area contributed by atoms with Gasteiger partial charge in [-0.25, -0.2) is 4.39 Å². The third-order valence-corrected chi connectivity index (χ3v) is 4.94. The SMILES string of the molecule is Cc1ccc(CNC(=O)c2nnc(C(Cl)=Cc3ccccc3F)s2)cc1. The zero-order chi connectivity index (χ0) is 18.5. The molecule has 3 aromatic rings.